The molecule has 1 aromatic heterocycles. The summed E-state index contributed by atoms with van der Waals surface area (Å²) >= 11 is 0. The second kappa shape index (κ2) is 8.21. The first kappa shape index (κ1) is 18.2. The molecule has 0 unspecified atom stereocenters. The van der Waals surface area contributed by atoms with Crippen LogP contribution in [0.3, 0.4) is 0 Å². The number of nitriles is 1. The van der Waals surface area contributed by atoms with Gasteiger partial charge < -0.3 is 15.7 Å². The van der Waals surface area contributed by atoms with Gasteiger partial charge in [-0.15, -0.1) is 0 Å². The van der Waals surface area contributed by atoms with Crippen LogP contribution in [-0.2, 0) is 0 Å². The zero-order chi connectivity index (χ0) is 19.3. The van der Waals surface area contributed by atoms with Gasteiger partial charge in [-0.1, -0.05) is 12.1 Å². The van der Waals surface area contributed by atoms with Crippen LogP contribution in [0.5, 0.6) is 5.75 Å². The third-order valence-corrected chi connectivity index (χ3v) is 4.90. The minimum absolute atomic E-state index is 0.0565. The van der Waals surface area contributed by atoms with Crippen molar-refractivity contribution in [3.8, 4) is 23.2 Å². The van der Waals surface area contributed by atoms with Crippen LogP contribution in [-0.4, -0.2) is 59.2 Å². The predicted molar refractivity (Wildman–Crippen MR) is 109 cm³/mol. The molecule has 1 aliphatic heterocycles. The average Bonchev–Trinajstić information content (AvgIpc) is 2.74. The summed E-state index contributed by atoms with van der Waals surface area (Å²) in [5, 5.41) is 27.2. The second-order valence-corrected chi connectivity index (χ2v) is 6.78. The first-order chi connectivity index (χ1) is 13.7. The fraction of sp³-hybridized carbons (Fsp3) is 0.286. The highest BCUT2D eigenvalue weighted by Gasteiger charge is 2.14. The van der Waals surface area contributed by atoms with E-state index in [1.807, 2.05) is 24.3 Å². The van der Waals surface area contributed by atoms with E-state index in [4.69, 9.17) is 0 Å². The number of anilines is 1. The van der Waals surface area contributed by atoms with Crippen LogP contribution in [0.25, 0.3) is 22.3 Å². The smallest absolute Gasteiger partial charge is 0.165 e. The molecule has 0 spiro atoms. The third-order valence-electron chi connectivity index (χ3n) is 4.90. The van der Waals surface area contributed by atoms with E-state index in [1.54, 1.807) is 12.1 Å². The molecule has 2 aromatic carbocycles. The number of benzene rings is 2. The second-order valence-electron chi connectivity index (χ2n) is 6.78. The standard InChI is InChI=1S/C21H22N6O/c22-14-15-5-6-19(28)17(13-15)21-25-18-4-2-1-3-16(18)20(26-21)24-9-12-27-10-7-23-8-11-27/h1-6,13,23,28H,7-12H2,(H,24,25,26). The summed E-state index contributed by atoms with van der Waals surface area (Å²) in [5.74, 6) is 1.19. The van der Waals surface area contributed by atoms with Crippen molar-refractivity contribution in [1.29, 1.82) is 5.26 Å². The van der Waals surface area contributed by atoms with Gasteiger partial charge in [0.1, 0.15) is 11.6 Å². The molecule has 2 heterocycles. The molecule has 0 radical (unpaired) electrons. The van der Waals surface area contributed by atoms with Gasteiger partial charge in [0.15, 0.2) is 5.82 Å². The molecule has 142 valence electrons. The Bertz CT molecular complexity index is 1020. The fourth-order valence-corrected chi connectivity index (χ4v) is 3.38. The molecule has 7 nitrogen and oxygen atoms in total. The van der Waals surface area contributed by atoms with Crippen molar-refractivity contribution in [1.82, 2.24) is 20.2 Å². The Morgan fingerprint density at radius 3 is 2.79 bits per heavy atom. The Labute approximate surface area is 163 Å². The number of aromatic hydroxyl groups is 1. The van der Waals surface area contributed by atoms with E-state index in [9.17, 15) is 10.4 Å². The molecule has 1 aliphatic rings. The number of piperazine rings is 1. The topological polar surface area (TPSA) is 97.1 Å². The molecule has 3 aromatic rings. The molecule has 1 fully saturated rings. The third kappa shape index (κ3) is 3.88. The van der Waals surface area contributed by atoms with Gasteiger partial charge in [0.25, 0.3) is 0 Å². The Balaban J connectivity index is 1.65. The van der Waals surface area contributed by atoms with Crippen LogP contribution in [0.15, 0.2) is 42.5 Å². The highest BCUT2D eigenvalue weighted by molar-refractivity contribution is 5.91. The average molecular weight is 374 g/mol. The number of rotatable bonds is 5. The lowest BCUT2D eigenvalue weighted by Gasteiger charge is -2.27. The van der Waals surface area contributed by atoms with Gasteiger partial charge in [-0.05, 0) is 30.3 Å². The summed E-state index contributed by atoms with van der Waals surface area (Å²) < 4.78 is 0. The summed E-state index contributed by atoms with van der Waals surface area (Å²) in [4.78, 5) is 11.7. The molecule has 0 saturated carbocycles. The van der Waals surface area contributed by atoms with Crippen LogP contribution in [0.2, 0.25) is 0 Å². The van der Waals surface area contributed by atoms with Gasteiger partial charge in [0.2, 0.25) is 0 Å². The lowest BCUT2D eigenvalue weighted by molar-refractivity contribution is 0.249. The molecule has 0 atom stereocenters. The summed E-state index contributed by atoms with van der Waals surface area (Å²) in [6.07, 6.45) is 0. The quantitative estimate of drug-likeness (QED) is 0.630. The summed E-state index contributed by atoms with van der Waals surface area (Å²) in [6.45, 7) is 5.85. The van der Waals surface area contributed by atoms with E-state index in [0.29, 0.717) is 17.0 Å². The number of phenolic OH excluding ortho intramolecular Hbond substituents is 1. The predicted octanol–water partition coefficient (Wildman–Crippen LogP) is 2.19. The molecule has 4 rings (SSSR count). The molecule has 28 heavy (non-hydrogen) atoms. The number of nitrogens with zero attached hydrogens (tertiary/aromatic N) is 4. The maximum Gasteiger partial charge on any atom is 0.165 e. The number of para-hydroxylation sites is 1. The van der Waals surface area contributed by atoms with Crippen molar-refractivity contribution in [3.05, 3.63) is 48.0 Å². The van der Waals surface area contributed by atoms with E-state index in [0.717, 1.165) is 56.0 Å². The molecular formula is C21H22N6O. The van der Waals surface area contributed by atoms with Crippen LogP contribution in [0.1, 0.15) is 5.56 Å². The highest BCUT2D eigenvalue weighted by Crippen LogP contribution is 2.30. The Kier molecular flexibility index (Phi) is 5.33. The van der Waals surface area contributed by atoms with Crippen molar-refractivity contribution < 1.29 is 5.11 Å². The molecule has 1 saturated heterocycles. The number of nitrogens with one attached hydrogen (secondary N) is 2. The van der Waals surface area contributed by atoms with Gasteiger partial charge in [0.05, 0.1) is 22.7 Å². The number of fused-ring (bicyclic) bond motifs is 1. The van der Waals surface area contributed by atoms with Crippen molar-refractivity contribution in [2.24, 2.45) is 0 Å². The van der Waals surface area contributed by atoms with E-state index in [1.165, 1.54) is 6.07 Å². The van der Waals surface area contributed by atoms with E-state index >= 15 is 0 Å². The van der Waals surface area contributed by atoms with Crippen LogP contribution in [0, 0.1) is 11.3 Å². The van der Waals surface area contributed by atoms with Gasteiger partial charge in [-0.3, -0.25) is 4.90 Å². The van der Waals surface area contributed by atoms with Gasteiger partial charge in [-0.2, -0.15) is 5.26 Å². The first-order valence-corrected chi connectivity index (χ1v) is 9.42. The Hall–Kier alpha value is -3.21. The highest BCUT2D eigenvalue weighted by atomic mass is 16.3. The molecular weight excluding hydrogens is 352 g/mol. The summed E-state index contributed by atoms with van der Waals surface area (Å²) in [6, 6.07) is 14.6. The zero-order valence-electron chi connectivity index (χ0n) is 15.5. The van der Waals surface area contributed by atoms with Gasteiger partial charge in [-0.25, -0.2) is 9.97 Å². The zero-order valence-corrected chi connectivity index (χ0v) is 15.5. The van der Waals surface area contributed by atoms with E-state index in [-0.39, 0.29) is 5.75 Å². The fourth-order valence-electron chi connectivity index (χ4n) is 3.38. The van der Waals surface area contributed by atoms with E-state index in [2.05, 4.69) is 31.6 Å². The number of phenols is 1. The lowest BCUT2D eigenvalue weighted by Crippen LogP contribution is -2.45. The molecule has 0 aliphatic carbocycles. The minimum atomic E-state index is 0.0565. The normalized spacial score (nSPS) is 14.7. The van der Waals surface area contributed by atoms with Crippen molar-refractivity contribution in [2.45, 2.75) is 0 Å². The largest absolute Gasteiger partial charge is 0.507 e. The maximum absolute atomic E-state index is 10.3. The van der Waals surface area contributed by atoms with Crippen LogP contribution >= 0.6 is 0 Å². The SMILES string of the molecule is N#Cc1ccc(O)c(-c2nc(NCCN3CCNCC3)c3ccccc3n2)c1. The number of hydrogen-bond acceptors (Lipinski definition) is 7. The minimum Gasteiger partial charge on any atom is -0.507 e. The van der Waals surface area contributed by atoms with Crippen molar-refractivity contribution in [3.63, 3.8) is 0 Å². The van der Waals surface area contributed by atoms with Gasteiger partial charge >= 0.3 is 0 Å². The van der Waals surface area contributed by atoms with Crippen molar-refractivity contribution >= 4 is 16.7 Å². The first-order valence-electron chi connectivity index (χ1n) is 9.42. The Morgan fingerprint density at radius 2 is 1.96 bits per heavy atom. The van der Waals surface area contributed by atoms with Gasteiger partial charge in [0, 0.05) is 44.7 Å². The summed E-state index contributed by atoms with van der Waals surface area (Å²) in [5.41, 5.74) is 1.70. The lowest BCUT2D eigenvalue weighted by atomic mass is 10.1. The monoisotopic (exact) mass is 374 g/mol. The van der Waals surface area contributed by atoms with Crippen LogP contribution < -0.4 is 10.6 Å². The summed E-state index contributed by atoms with van der Waals surface area (Å²) in [7, 11) is 0. The molecule has 7 heteroatoms. The molecule has 0 amide bonds. The number of aromatic nitrogens is 2. The van der Waals surface area contributed by atoms with E-state index < -0.39 is 0 Å². The number of hydrogen-bond donors (Lipinski definition) is 3. The maximum atomic E-state index is 10.3. The molecule has 0 bridgehead atoms. The van der Waals surface area contributed by atoms with Crippen molar-refractivity contribution in [2.75, 3.05) is 44.6 Å². The van der Waals surface area contributed by atoms with Crippen LogP contribution in [0.4, 0.5) is 5.82 Å². The Morgan fingerprint density at radius 1 is 1.14 bits per heavy atom. The molecule has 3 N–H and O–H groups in total.